The number of benzene rings is 2. The van der Waals surface area contributed by atoms with Crippen molar-refractivity contribution >= 4 is 46.1 Å². The molecule has 2 N–H and O–H groups in total. The second-order valence-electron chi connectivity index (χ2n) is 4.77. The minimum Gasteiger partial charge on any atom is -0.399 e. The van der Waals surface area contributed by atoms with Crippen molar-refractivity contribution in [2.45, 2.75) is 13.8 Å². The molecule has 126 valence electrons. The number of nitro groups is 1. The predicted octanol–water partition coefficient (Wildman–Crippen LogP) is 4.58. The van der Waals surface area contributed by atoms with Crippen molar-refractivity contribution in [1.29, 1.82) is 0 Å². The Hall–Kier alpha value is -2.44. The standard InChI is InChI=1S/C8H6ClNO3.C8H8ClNO/c1-5(11)7-3-2-6(10(12)13)4-8(7)9;1-5(11)7-3-2-6(10)4-8(7)9/h2-4H,1H3;2-4H,10H2,1H3. The molecule has 0 spiro atoms. The largest absolute Gasteiger partial charge is 0.399 e. The van der Waals surface area contributed by atoms with Crippen LogP contribution in [0, 0.1) is 10.1 Å². The first-order chi connectivity index (χ1) is 11.1. The number of nitro benzene ring substituents is 1. The van der Waals surface area contributed by atoms with Crippen molar-refractivity contribution in [3.05, 3.63) is 67.7 Å². The van der Waals surface area contributed by atoms with Crippen LogP contribution in [0.5, 0.6) is 0 Å². The first kappa shape index (κ1) is 19.6. The van der Waals surface area contributed by atoms with E-state index >= 15 is 0 Å². The molecule has 0 aliphatic carbocycles. The molecule has 2 aromatic carbocycles. The van der Waals surface area contributed by atoms with Gasteiger partial charge in [-0.3, -0.25) is 19.7 Å². The van der Waals surface area contributed by atoms with Crippen molar-refractivity contribution in [2.24, 2.45) is 0 Å². The van der Waals surface area contributed by atoms with Gasteiger partial charge in [-0.05, 0) is 38.1 Å². The van der Waals surface area contributed by atoms with Crippen LogP contribution in [0.15, 0.2) is 36.4 Å². The zero-order valence-corrected chi connectivity index (χ0v) is 14.4. The van der Waals surface area contributed by atoms with Gasteiger partial charge in [0.05, 0.1) is 15.0 Å². The highest BCUT2D eigenvalue weighted by Gasteiger charge is 2.11. The molecule has 2 aromatic rings. The Morgan fingerprint density at radius 2 is 1.42 bits per heavy atom. The Balaban J connectivity index is 0.000000243. The van der Waals surface area contributed by atoms with Crippen LogP contribution in [0.1, 0.15) is 34.6 Å². The van der Waals surface area contributed by atoms with Crippen molar-refractivity contribution in [2.75, 3.05) is 5.73 Å². The molecule has 0 heterocycles. The van der Waals surface area contributed by atoms with Crippen LogP contribution >= 0.6 is 23.2 Å². The molecule has 0 bridgehead atoms. The van der Waals surface area contributed by atoms with E-state index in [1.165, 1.54) is 26.0 Å². The average Bonchev–Trinajstić information content (AvgIpc) is 2.46. The summed E-state index contributed by atoms with van der Waals surface area (Å²) in [5.74, 6) is -0.255. The molecule has 0 aliphatic rings. The van der Waals surface area contributed by atoms with Crippen molar-refractivity contribution in [3.8, 4) is 0 Å². The summed E-state index contributed by atoms with van der Waals surface area (Å²) in [4.78, 5) is 31.5. The summed E-state index contributed by atoms with van der Waals surface area (Å²) in [5.41, 5.74) is 6.70. The topological polar surface area (TPSA) is 103 Å². The van der Waals surface area contributed by atoms with Crippen molar-refractivity contribution in [3.63, 3.8) is 0 Å². The van der Waals surface area contributed by atoms with Gasteiger partial charge in [-0.1, -0.05) is 23.2 Å². The fourth-order valence-electron chi connectivity index (χ4n) is 1.72. The third-order valence-corrected chi connectivity index (χ3v) is 3.54. The van der Waals surface area contributed by atoms with E-state index in [1.807, 2.05) is 0 Å². The maximum Gasteiger partial charge on any atom is 0.270 e. The number of nitrogen functional groups attached to an aromatic ring is 1. The number of nitrogens with two attached hydrogens (primary N) is 1. The fraction of sp³-hybridized carbons (Fsp3) is 0.125. The van der Waals surface area contributed by atoms with Crippen LogP contribution in [-0.2, 0) is 0 Å². The third-order valence-electron chi connectivity index (χ3n) is 2.92. The lowest BCUT2D eigenvalue weighted by Gasteiger charge is -1.99. The highest BCUT2D eigenvalue weighted by atomic mass is 35.5. The summed E-state index contributed by atoms with van der Waals surface area (Å²) in [6, 6.07) is 8.62. The molecule has 24 heavy (non-hydrogen) atoms. The van der Waals surface area contributed by atoms with E-state index in [1.54, 1.807) is 18.2 Å². The van der Waals surface area contributed by atoms with Gasteiger partial charge in [0.15, 0.2) is 11.6 Å². The summed E-state index contributed by atoms with van der Waals surface area (Å²) in [6.45, 7) is 2.82. The van der Waals surface area contributed by atoms with Gasteiger partial charge in [0.2, 0.25) is 0 Å². The highest BCUT2D eigenvalue weighted by molar-refractivity contribution is 6.34. The van der Waals surface area contributed by atoms with E-state index in [0.29, 0.717) is 21.8 Å². The van der Waals surface area contributed by atoms with Gasteiger partial charge in [-0.2, -0.15) is 0 Å². The fourth-order valence-corrected chi connectivity index (χ4v) is 2.35. The minimum atomic E-state index is -0.560. The third kappa shape index (κ3) is 5.33. The number of carbonyl (C=O) groups is 2. The van der Waals surface area contributed by atoms with Gasteiger partial charge in [0, 0.05) is 28.9 Å². The van der Waals surface area contributed by atoms with E-state index in [4.69, 9.17) is 28.9 Å². The van der Waals surface area contributed by atoms with Crippen molar-refractivity contribution < 1.29 is 14.5 Å². The number of hydrogen-bond acceptors (Lipinski definition) is 5. The second-order valence-corrected chi connectivity index (χ2v) is 5.59. The number of non-ortho nitro benzene ring substituents is 1. The van der Waals surface area contributed by atoms with Gasteiger partial charge < -0.3 is 5.73 Å². The molecule has 0 aliphatic heterocycles. The van der Waals surface area contributed by atoms with Gasteiger partial charge in [-0.25, -0.2) is 0 Å². The summed E-state index contributed by atoms with van der Waals surface area (Å²) < 4.78 is 0. The summed E-state index contributed by atoms with van der Waals surface area (Å²) >= 11 is 11.4. The van der Waals surface area contributed by atoms with E-state index in [0.717, 1.165) is 6.07 Å². The van der Waals surface area contributed by atoms with Gasteiger partial charge in [0.25, 0.3) is 5.69 Å². The Labute approximate surface area is 148 Å². The van der Waals surface area contributed by atoms with Crippen LogP contribution in [0.3, 0.4) is 0 Å². The molecular weight excluding hydrogens is 355 g/mol. The lowest BCUT2D eigenvalue weighted by Crippen LogP contribution is -1.95. The quantitative estimate of drug-likeness (QED) is 0.369. The lowest BCUT2D eigenvalue weighted by molar-refractivity contribution is -0.384. The number of rotatable bonds is 3. The monoisotopic (exact) mass is 368 g/mol. The first-order valence-electron chi connectivity index (χ1n) is 6.64. The molecule has 0 saturated heterocycles. The smallest absolute Gasteiger partial charge is 0.270 e. The highest BCUT2D eigenvalue weighted by Crippen LogP contribution is 2.22. The summed E-state index contributed by atoms with van der Waals surface area (Å²) in [6.07, 6.45) is 0. The predicted molar refractivity (Wildman–Crippen MR) is 94.0 cm³/mol. The number of carbonyl (C=O) groups excluding carboxylic acids is 2. The van der Waals surface area contributed by atoms with Crippen LogP contribution in [0.25, 0.3) is 0 Å². The maximum atomic E-state index is 10.9. The van der Waals surface area contributed by atoms with Crippen molar-refractivity contribution in [1.82, 2.24) is 0 Å². The molecule has 0 amide bonds. The molecule has 8 heteroatoms. The van der Waals surface area contributed by atoms with Crippen LogP contribution < -0.4 is 5.73 Å². The first-order valence-corrected chi connectivity index (χ1v) is 7.40. The maximum absolute atomic E-state index is 10.9. The van der Waals surface area contributed by atoms with Gasteiger partial charge in [0.1, 0.15) is 0 Å². The molecule has 6 nitrogen and oxygen atoms in total. The average molecular weight is 369 g/mol. The Bertz CT molecular complexity index is 807. The van der Waals surface area contributed by atoms with E-state index in [2.05, 4.69) is 0 Å². The number of ketones is 2. The Morgan fingerprint density at radius 1 is 0.958 bits per heavy atom. The zero-order chi connectivity index (χ0) is 18.4. The van der Waals surface area contributed by atoms with Gasteiger partial charge >= 0.3 is 0 Å². The molecule has 0 fully saturated rings. The van der Waals surface area contributed by atoms with E-state index < -0.39 is 4.92 Å². The number of halogens is 2. The molecule has 0 radical (unpaired) electrons. The molecule has 0 atom stereocenters. The summed E-state index contributed by atoms with van der Waals surface area (Å²) in [7, 11) is 0. The van der Waals surface area contributed by atoms with Crippen LogP contribution in [0.4, 0.5) is 11.4 Å². The minimum absolute atomic E-state index is 0.0463. The Kier molecular flexibility index (Phi) is 6.88. The SMILES string of the molecule is CC(=O)c1ccc(N)cc1Cl.CC(=O)c1ccc([N+](=O)[O-])cc1Cl. The summed E-state index contributed by atoms with van der Waals surface area (Å²) in [5, 5.41) is 10.8. The Morgan fingerprint density at radius 3 is 1.79 bits per heavy atom. The number of nitrogens with zero attached hydrogens (tertiary/aromatic N) is 1. The van der Waals surface area contributed by atoms with Crippen LogP contribution in [0.2, 0.25) is 10.0 Å². The molecule has 0 saturated carbocycles. The molecule has 0 unspecified atom stereocenters. The number of Topliss-reactive ketones (excluding diaryl/α,β-unsaturated/α-hetero) is 2. The van der Waals surface area contributed by atoms with Crippen LogP contribution in [-0.4, -0.2) is 16.5 Å². The molecular formula is C16H14Cl2N2O4. The molecule has 2 rings (SSSR count). The van der Waals surface area contributed by atoms with E-state index in [-0.39, 0.29) is 22.3 Å². The number of hydrogen-bond donors (Lipinski definition) is 1. The van der Waals surface area contributed by atoms with E-state index in [9.17, 15) is 19.7 Å². The lowest BCUT2D eigenvalue weighted by atomic mass is 10.1. The zero-order valence-electron chi connectivity index (χ0n) is 12.9. The second kappa shape index (κ2) is 8.42. The number of anilines is 1. The molecule has 0 aromatic heterocycles. The normalized spacial score (nSPS) is 9.67. The van der Waals surface area contributed by atoms with Gasteiger partial charge in [-0.15, -0.1) is 0 Å².